The summed E-state index contributed by atoms with van der Waals surface area (Å²) in [6.07, 6.45) is 5.59. The van der Waals surface area contributed by atoms with Crippen molar-refractivity contribution in [2.75, 3.05) is 25.0 Å². The molecule has 1 saturated heterocycles. The van der Waals surface area contributed by atoms with Crippen LogP contribution in [0.25, 0.3) is 11.0 Å². The first kappa shape index (κ1) is 16.7. The van der Waals surface area contributed by atoms with Gasteiger partial charge in [0.1, 0.15) is 17.8 Å². The monoisotopic (exact) mass is 329 g/mol. The van der Waals surface area contributed by atoms with Gasteiger partial charge in [-0.1, -0.05) is 20.8 Å². The minimum atomic E-state index is -0.325. The van der Waals surface area contributed by atoms with Gasteiger partial charge in [-0.15, -0.1) is 0 Å². The van der Waals surface area contributed by atoms with Crippen LogP contribution in [0.1, 0.15) is 33.6 Å². The van der Waals surface area contributed by atoms with Crippen molar-refractivity contribution in [3.63, 3.8) is 0 Å². The topological polar surface area (TPSA) is 54.3 Å². The largest absolute Gasteiger partial charge is 0.356 e. The number of nitrogens with zero attached hydrogens (tertiary/aromatic N) is 5. The molecule has 0 aliphatic carbocycles. The van der Waals surface area contributed by atoms with Gasteiger partial charge in [-0.3, -0.25) is 4.79 Å². The molecule has 0 radical (unpaired) electrons. The number of anilines is 1. The van der Waals surface area contributed by atoms with E-state index in [1.54, 1.807) is 6.33 Å². The van der Waals surface area contributed by atoms with Crippen LogP contribution in [-0.2, 0) is 11.8 Å². The van der Waals surface area contributed by atoms with Crippen molar-refractivity contribution in [1.82, 2.24) is 19.4 Å². The molecule has 24 heavy (non-hydrogen) atoms. The molecule has 0 N–H and O–H groups in total. The van der Waals surface area contributed by atoms with Gasteiger partial charge < -0.3 is 14.4 Å². The second-order valence-electron chi connectivity index (χ2n) is 7.75. The van der Waals surface area contributed by atoms with Crippen LogP contribution in [0.2, 0.25) is 0 Å². The van der Waals surface area contributed by atoms with E-state index in [-0.39, 0.29) is 11.3 Å². The Morgan fingerprint density at radius 2 is 1.92 bits per heavy atom. The van der Waals surface area contributed by atoms with Gasteiger partial charge in [0.05, 0.1) is 5.39 Å². The Morgan fingerprint density at radius 1 is 1.25 bits per heavy atom. The molecule has 0 bridgehead atoms. The zero-order chi connectivity index (χ0) is 17.5. The van der Waals surface area contributed by atoms with E-state index >= 15 is 0 Å². The smallest absolute Gasteiger partial charge is 0.227 e. The van der Waals surface area contributed by atoms with E-state index < -0.39 is 0 Å². The lowest BCUT2D eigenvalue weighted by atomic mass is 9.92. The van der Waals surface area contributed by atoms with Crippen LogP contribution >= 0.6 is 0 Å². The minimum absolute atomic E-state index is 0.216. The maximum absolute atomic E-state index is 12.5. The number of rotatable bonds is 2. The van der Waals surface area contributed by atoms with Crippen LogP contribution in [0, 0.1) is 5.41 Å². The molecular weight excluding hydrogens is 302 g/mol. The van der Waals surface area contributed by atoms with E-state index in [1.165, 1.54) is 0 Å². The molecule has 6 nitrogen and oxygen atoms in total. The van der Waals surface area contributed by atoms with Gasteiger partial charge in [-0.05, 0) is 18.9 Å². The lowest BCUT2D eigenvalue weighted by Crippen LogP contribution is -2.48. The van der Waals surface area contributed by atoms with Crippen molar-refractivity contribution in [1.29, 1.82) is 0 Å². The molecule has 2 aromatic heterocycles. The van der Waals surface area contributed by atoms with Gasteiger partial charge in [0, 0.05) is 44.8 Å². The number of carbonyl (C=O) groups is 1. The van der Waals surface area contributed by atoms with E-state index in [2.05, 4.69) is 20.9 Å². The Hall–Kier alpha value is -2.11. The number of hydrogen-bond donors (Lipinski definition) is 0. The highest BCUT2D eigenvalue weighted by Crippen LogP contribution is 2.28. The first-order valence-electron chi connectivity index (χ1n) is 8.57. The summed E-state index contributed by atoms with van der Waals surface area (Å²) in [7, 11) is 3.94. The fourth-order valence-electron chi connectivity index (χ4n) is 3.48. The number of carbonyl (C=O) groups excluding carboxylic acids is 1. The van der Waals surface area contributed by atoms with E-state index in [0.29, 0.717) is 6.04 Å². The molecule has 0 spiro atoms. The molecule has 3 heterocycles. The number of piperidine rings is 1. The van der Waals surface area contributed by atoms with Gasteiger partial charge in [0.15, 0.2) is 0 Å². The second-order valence-corrected chi connectivity index (χ2v) is 7.75. The summed E-state index contributed by atoms with van der Waals surface area (Å²) in [4.78, 5) is 25.6. The number of aryl methyl sites for hydroxylation is 1. The van der Waals surface area contributed by atoms with E-state index in [1.807, 2.05) is 50.5 Å². The van der Waals surface area contributed by atoms with Gasteiger partial charge in [0.25, 0.3) is 0 Å². The maximum atomic E-state index is 12.5. The quantitative estimate of drug-likeness (QED) is 0.849. The number of hydrogen-bond acceptors (Lipinski definition) is 4. The first-order chi connectivity index (χ1) is 11.3. The van der Waals surface area contributed by atoms with Crippen LogP contribution < -0.4 is 4.90 Å². The highest BCUT2D eigenvalue weighted by Gasteiger charge is 2.32. The summed E-state index contributed by atoms with van der Waals surface area (Å²) in [6, 6.07) is 2.38. The van der Waals surface area contributed by atoms with Crippen molar-refractivity contribution in [2.45, 2.75) is 39.7 Å². The molecule has 3 rings (SSSR count). The Labute approximate surface area is 143 Å². The molecule has 0 unspecified atom stereocenters. The molecule has 2 aromatic rings. The standard InChI is InChI=1S/C18H27N5O/c1-18(2,3)17(24)22(5)13-6-10-23(11-7-13)16-14-8-9-21(4)15(14)19-12-20-16/h8-9,12-13H,6-7,10-11H2,1-5H3. The summed E-state index contributed by atoms with van der Waals surface area (Å²) in [5.41, 5.74) is 0.636. The Bertz CT molecular complexity index is 737. The van der Waals surface area contributed by atoms with Crippen molar-refractivity contribution in [2.24, 2.45) is 12.5 Å². The fraction of sp³-hybridized carbons (Fsp3) is 0.611. The molecule has 1 fully saturated rings. The van der Waals surface area contributed by atoms with Crippen molar-refractivity contribution < 1.29 is 4.79 Å². The van der Waals surface area contributed by atoms with E-state index in [9.17, 15) is 4.79 Å². The highest BCUT2D eigenvalue weighted by atomic mass is 16.2. The summed E-state index contributed by atoms with van der Waals surface area (Å²) in [5.74, 6) is 1.22. The number of fused-ring (bicyclic) bond motifs is 1. The Balaban J connectivity index is 1.72. The average molecular weight is 329 g/mol. The van der Waals surface area contributed by atoms with Crippen LogP contribution in [0.5, 0.6) is 0 Å². The van der Waals surface area contributed by atoms with Crippen molar-refractivity contribution >= 4 is 22.8 Å². The van der Waals surface area contributed by atoms with Crippen molar-refractivity contribution in [3.8, 4) is 0 Å². The molecule has 130 valence electrons. The third kappa shape index (κ3) is 2.97. The number of aromatic nitrogens is 3. The predicted molar refractivity (Wildman–Crippen MR) is 96.0 cm³/mol. The average Bonchev–Trinajstić information content (AvgIpc) is 2.94. The summed E-state index contributed by atoms with van der Waals surface area (Å²) < 4.78 is 2.02. The van der Waals surface area contributed by atoms with E-state index in [4.69, 9.17) is 0 Å². The fourth-order valence-corrected chi connectivity index (χ4v) is 3.48. The summed E-state index contributed by atoms with van der Waals surface area (Å²) >= 11 is 0. The van der Waals surface area contributed by atoms with Crippen molar-refractivity contribution in [3.05, 3.63) is 18.6 Å². The molecule has 1 amide bonds. The maximum Gasteiger partial charge on any atom is 0.227 e. The summed E-state index contributed by atoms with van der Waals surface area (Å²) in [5, 5.41) is 1.09. The van der Waals surface area contributed by atoms with Crippen LogP contribution in [-0.4, -0.2) is 51.5 Å². The highest BCUT2D eigenvalue weighted by molar-refractivity contribution is 5.88. The lowest BCUT2D eigenvalue weighted by Gasteiger charge is -2.39. The third-order valence-electron chi connectivity index (χ3n) is 4.91. The van der Waals surface area contributed by atoms with Crippen LogP contribution in [0.4, 0.5) is 5.82 Å². The van der Waals surface area contributed by atoms with Gasteiger partial charge in [-0.2, -0.15) is 0 Å². The zero-order valence-electron chi connectivity index (χ0n) is 15.3. The predicted octanol–water partition coefficient (Wildman–Crippen LogP) is 2.44. The Morgan fingerprint density at radius 3 is 2.54 bits per heavy atom. The molecule has 0 atom stereocenters. The third-order valence-corrected chi connectivity index (χ3v) is 4.91. The second kappa shape index (κ2) is 6.07. The molecule has 6 heteroatoms. The molecule has 1 aliphatic rings. The lowest BCUT2D eigenvalue weighted by molar-refractivity contribution is -0.140. The van der Waals surface area contributed by atoms with Gasteiger partial charge in [-0.25, -0.2) is 9.97 Å². The van der Waals surface area contributed by atoms with Gasteiger partial charge in [0.2, 0.25) is 5.91 Å². The number of amides is 1. The van der Waals surface area contributed by atoms with Crippen LogP contribution in [0.15, 0.2) is 18.6 Å². The minimum Gasteiger partial charge on any atom is -0.356 e. The first-order valence-corrected chi connectivity index (χ1v) is 8.57. The molecular formula is C18H27N5O. The normalized spacial score (nSPS) is 16.6. The van der Waals surface area contributed by atoms with Crippen LogP contribution in [0.3, 0.4) is 0 Å². The molecule has 0 aromatic carbocycles. The molecule has 1 aliphatic heterocycles. The SMILES string of the molecule is CN(C(=O)C(C)(C)C)C1CCN(c2ncnc3c2ccn3C)CC1. The van der Waals surface area contributed by atoms with E-state index in [0.717, 1.165) is 42.8 Å². The van der Waals surface area contributed by atoms with Gasteiger partial charge >= 0.3 is 0 Å². The Kier molecular flexibility index (Phi) is 4.24. The summed E-state index contributed by atoms with van der Waals surface area (Å²) in [6.45, 7) is 7.76. The zero-order valence-corrected chi connectivity index (χ0v) is 15.3. The molecule has 0 saturated carbocycles.